The Morgan fingerprint density at radius 1 is 0.822 bits per heavy atom. The van der Waals surface area contributed by atoms with E-state index in [4.69, 9.17) is 0 Å². The zero-order valence-corrected chi connectivity index (χ0v) is 28.2. The molecule has 0 fully saturated rings. The summed E-state index contributed by atoms with van der Waals surface area (Å²) in [4.78, 5) is 31.6. The monoisotopic (exact) mass is 635 g/mol. The zero-order valence-electron chi connectivity index (χ0n) is 27.4. The van der Waals surface area contributed by atoms with Crippen LogP contribution in [0.25, 0.3) is 5.52 Å². The molecule has 0 radical (unpaired) electrons. The highest BCUT2D eigenvalue weighted by Gasteiger charge is 2.22. The van der Waals surface area contributed by atoms with Gasteiger partial charge in [-0.15, -0.1) is 17.5 Å². The molecule has 0 aliphatic carbocycles. The number of hydrogen-bond donors (Lipinski definition) is 1. The lowest BCUT2D eigenvalue weighted by atomic mass is 10.00. The van der Waals surface area contributed by atoms with Crippen molar-refractivity contribution in [3.05, 3.63) is 82.4 Å². The van der Waals surface area contributed by atoms with Gasteiger partial charge in [0.2, 0.25) is 5.78 Å². The highest BCUT2D eigenvalue weighted by molar-refractivity contribution is 6.10. The molecular weight excluding hydrogens is 586 g/mol. The third-order valence-corrected chi connectivity index (χ3v) is 8.32. The van der Waals surface area contributed by atoms with Crippen LogP contribution in [0.1, 0.15) is 116 Å². The lowest BCUT2D eigenvalue weighted by Crippen LogP contribution is -2.30. The second kappa shape index (κ2) is 18.4. The predicted molar refractivity (Wildman–Crippen MR) is 182 cm³/mol. The number of nitrogens with zero attached hydrogens (tertiary/aromatic N) is 6. The van der Waals surface area contributed by atoms with Crippen LogP contribution in [0.2, 0.25) is 0 Å². The molecule has 0 aliphatic heterocycles. The summed E-state index contributed by atoms with van der Waals surface area (Å²) in [7, 11) is 0. The number of halogens is 1. The first-order chi connectivity index (χ1) is 21.5. The number of rotatable bonds is 19. The lowest BCUT2D eigenvalue weighted by molar-refractivity contribution is 0.0748. The van der Waals surface area contributed by atoms with Crippen molar-refractivity contribution in [3.63, 3.8) is 0 Å². The molecule has 1 N–H and O–H groups in total. The third kappa shape index (κ3) is 9.71. The van der Waals surface area contributed by atoms with Crippen molar-refractivity contribution < 1.29 is 9.59 Å². The molecule has 0 unspecified atom stereocenters. The van der Waals surface area contributed by atoms with Crippen LogP contribution >= 0.6 is 12.4 Å². The molecule has 0 spiro atoms. The molecule has 244 valence electrons. The number of carbonyl (C=O) groups is 2. The van der Waals surface area contributed by atoms with Crippen molar-refractivity contribution in [1.82, 2.24) is 34.8 Å². The Morgan fingerprint density at radius 2 is 1.51 bits per heavy atom. The van der Waals surface area contributed by atoms with Crippen molar-refractivity contribution in [2.75, 3.05) is 26.2 Å². The Labute approximate surface area is 274 Å². The first-order valence-corrected chi connectivity index (χ1v) is 16.5. The summed E-state index contributed by atoms with van der Waals surface area (Å²) >= 11 is 0. The van der Waals surface area contributed by atoms with Gasteiger partial charge >= 0.3 is 0 Å². The summed E-state index contributed by atoms with van der Waals surface area (Å²) in [5, 5.41) is 13.8. The van der Waals surface area contributed by atoms with Crippen LogP contribution in [-0.2, 0) is 19.4 Å². The number of hydrogen-bond acceptors (Lipinski definition) is 6. The maximum atomic E-state index is 13.9. The van der Waals surface area contributed by atoms with Crippen LogP contribution in [0, 0.1) is 0 Å². The molecule has 1 aromatic carbocycles. The Balaban J connectivity index is 0.00000552. The largest absolute Gasteiger partial charge is 0.331 e. The van der Waals surface area contributed by atoms with E-state index in [1.54, 1.807) is 11.0 Å². The third-order valence-electron chi connectivity index (χ3n) is 8.32. The lowest BCUT2D eigenvalue weighted by Gasteiger charge is -2.21. The van der Waals surface area contributed by atoms with E-state index in [9.17, 15) is 9.59 Å². The first kappa shape index (κ1) is 35.9. The summed E-state index contributed by atoms with van der Waals surface area (Å²) in [6.45, 7) is 12.9. The van der Waals surface area contributed by atoms with Gasteiger partial charge in [-0.2, -0.15) is 0 Å². The molecule has 4 rings (SSSR count). The highest BCUT2D eigenvalue weighted by atomic mass is 35.5. The van der Waals surface area contributed by atoms with Gasteiger partial charge < -0.3 is 14.2 Å². The first-order valence-electron chi connectivity index (χ1n) is 16.5. The molecule has 0 saturated carbocycles. The number of ketones is 1. The molecule has 1 amide bonds. The van der Waals surface area contributed by atoms with Crippen molar-refractivity contribution >= 4 is 29.6 Å². The van der Waals surface area contributed by atoms with E-state index in [2.05, 4.69) is 64.5 Å². The van der Waals surface area contributed by atoms with Crippen LogP contribution in [0.15, 0.2) is 48.7 Å². The molecule has 0 saturated heterocycles. The average molecular weight is 636 g/mol. The number of aromatic amines is 1. The Morgan fingerprint density at radius 3 is 2.13 bits per heavy atom. The number of unbranched alkanes of at least 4 members (excludes halogenated alkanes) is 3. The van der Waals surface area contributed by atoms with E-state index < -0.39 is 0 Å². The number of aryl methyl sites for hydroxylation is 2. The topological polar surface area (TPSA) is 99.5 Å². The number of benzene rings is 1. The van der Waals surface area contributed by atoms with E-state index >= 15 is 0 Å². The van der Waals surface area contributed by atoms with Crippen molar-refractivity contribution in [3.8, 4) is 0 Å². The summed E-state index contributed by atoms with van der Waals surface area (Å²) in [5.74, 6) is 0.440. The second-order valence-corrected chi connectivity index (χ2v) is 11.7. The van der Waals surface area contributed by atoms with Gasteiger partial charge in [0.1, 0.15) is 0 Å². The van der Waals surface area contributed by atoms with Gasteiger partial charge in [0.05, 0.1) is 12.2 Å². The molecule has 0 bridgehead atoms. The fraction of sp³-hybridized carbons (Fsp3) is 0.514. The van der Waals surface area contributed by atoms with Crippen LogP contribution in [-0.4, -0.2) is 72.7 Å². The standard InChI is InChI=1S/C35H49N7O2.ClH/c1-5-9-14-29-24-31-25-30(35(44)41(8-4)26-32-36-38-39-37-32)19-23-42(31)33(29)34(43)28-17-15-27(16-18-28)13-12-22-40(20-10-6-2)21-11-7-3;/h15-19,23-25H,5-14,20-22,26H2,1-4H3,(H,36,37,38,39);1H. The van der Waals surface area contributed by atoms with Gasteiger partial charge in [-0.25, -0.2) is 5.10 Å². The van der Waals surface area contributed by atoms with E-state index in [-0.39, 0.29) is 24.1 Å². The maximum Gasteiger partial charge on any atom is 0.254 e. The average Bonchev–Trinajstić information content (AvgIpc) is 3.70. The van der Waals surface area contributed by atoms with Crippen LogP contribution in [0.4, 0.5) is 0 Å². The smallest absolute Gasteiger partial charge is 0.254 e. The Hall–Kier alpha value is -3.56. The molecule has 9 nitrogen and oxygen atoms in total. The molecule has 45 heavy (non-hydrogen) atoms. The number of H-pyrrole nitrogens is 1. The van der Waals surface area contributed by atoms with Crippen LogP contribution < -0.4 is 0 Å². The molecule has 0 atom stereocenters. The fourth-order valence-corrected chi connectivity index (χ4v) is 5.68. The summed E-state index contributed by atoms with van der Waals surface area (Å²) in [6.07, 6.45) is 11.8. The maximum absolute atomic E-state index is 13.9. The van der Waals surface area contributed by atoms with Crippen LogP contribution in [0.3, 0.4) is 0 Å². The van der Waals surface area contributed by atoms with Crippen molar-refractivity contribution in [2.45, 2.75) is 92.0 Å². The van der Waals surface area contributed by atoms with Gasteiger partial charge in [0.25, 0.3) is 5.91 Å². The predicted octanol–water partition coefficient (Wildman–Crippen LogP) is 6.94. The normalized spacial score (nSPS) is 11.2. The molecule has 3 heterocycles. The number of amides is 1. The SMILES string of the molecule is CCCCc1cc2cc(C(=O)N(CC)Cc3nnn[nH]3)ccn2c1C(=O)c1ccc(CCCN(CCCC)CCCC)cc1.Cl. The van der Waals surface area contributed by atoms with Gasteiger partial charge in [-0.05, 0) is 105 Å². The number of carbonyl (C=O) groups excluding carboxylic acids is 2. The summed E-state index contributed by atoms with van der Waals surface area (Å²) in [5.41, 5.74) is 5.07. The van der Waals surface area contributed by atoms with E-state index in [1.165, 1.54) is 44.3 Å². The van der Waals surface area contributed by atoms with E-state index in [1.807, 2.05) is 35.7 Å². The van der Waals surface area contributed by atoms with E-state index in [0.717, 1.165) is 49.7 Å². The van der Waals surface area contributed by atoms with Gasteiger partial charge in [0.15, 0.2) is 5.82 Å². The molecule has 4 aromatic rings. The molecule has 3 aromatic heterocycles. The minimum Gasteiger partial charge on any atom is -0.331 e. The molecular formula is C35H50ClN7O2. The quantitative estimate of drug-likeness (QED) is 0.112. The van der Waals surface area contributed by atoms with Crippen molar-refractivity contribution in [1.29, 1.82) is 0 Å². The minimum atomic E-state index is -0.106. The number of tetrazole rings is 1. The van der Waals surface area contributed by atoms with Crippen LogP contribution in [0.5, 0.6) is 0 Å². The highest BCUT2D eigenvalue weighted by Crippen LogP contribution is 2.24. The summed E-state index contributed by atoms with van der Waals surface area (Å²) < 4.78 is 1.94. The fourth-order valence-electron chi connectivity index (χ4n) is 5.68. The Kier molecular flexibility index (Phi) is 14.7. The second-order valence-electron chi connectivity index (χ2n) is 11.7. The van der Waals surface area contributed by atoms with E-state index in [0.29, 0.717) is 35.7 Å². The Bertz CT molecular complexity index is 1460. The number of fused-ring (bicyclic) bond motifs is 1. The van der Waals surface area contributed by atoms with Crippen molar-refractivity contribution in [2.24, 2.45) is 0 Å². The minimum absolute atomic E-state index is 0. The summed E-state index contributed by atoms with van der Waals surface area (Å²) in [6, 6.07) is 13.9. The number of pyridine rings is 1. The van der Waals surface area contributed by atoms with Gasteiger partial charge in [-0.1, -0.05) is 64.3 Å². The molecule has 10 heteroatoms. The van der Waals surface area contributed by atoms with Gasteiger partial charge in [0, 0.05) is 29.4 Å². The zero-order chi connectivity index (χ0) is 31.3. The molecule has 0 aliphatic rings. The number of aromatic nitrogens is 5. The van der Waals surface area contributed by atoms with Gasteiger partial charge in [-0.3, -0.25) is 9.59 Å². The number of nitrogens with one attached hydrogen (secondary N) is 1.